The first-order chi connectivity index (χ1) is 7.06. The highest BCUT2D eigenvalue weighted by Crippen LogP contribution is 2.18. The van der Waals surface area contributed by atoms with Crippen molar-refractivity contribution < 1.29 is 13.5 Å². The Morgan fingerprint density at radius 3 is 2.60 bits per heavy atom. The molecule has 1 rings (SSSR count). The Labute approximate surface area is 90.7 Å². The van der Waals surface area contributed by atoms with E-state index in [2.05, 4.69) is 0 Å². The van der Waals surface area contributed by atoms with Crippen LogP contribution in [0, 0.1) is 0 Å². The SMILES string of the molecule is CCCCCS(=O)(=O)c1cccc(O)c1. The highest BCUT2D eigenvalue weighted by molar-refractivity contribution is 7.91. The van der Waals surface area contributed by atoms with Gasteiger partial charge in [-0.15, -0.1) is 0 Å². The molecule has 0 heterocycles. The van der Waals surface area contributed by atoms with Crippen LogP contribution in [0.15, 0.2) is 29.2 Å². The summed E-state index contributed by atoms with van der Waals surface area (Å²) in [5, 5.41) is 9.18. The van der Waals surface area contributed by atoms with Crippen molar-refractivity contribution in [3.63, 3.8) is 0 Å². The molecule has 15 heavy (non-hydrogen) atoms. The van der Waals surface area contributed by atoms with Gasteiger partial charge < -0.3 is 5.11 Å². The molecule has 0 amide bonds. The van der Waals surface area contributed by atoms with Gasteiger partial charge in [0.2, 0.25) is 0 Å². The van der Waals surface area contributed by atoms with Crippen molar-refractivity contribution in [2.45, 2.75) is 31.1 Å². The first-order valence-corrected chi connectivity index (χ1v) is 6.73. The largest absolute Gasteiger partial charge is 0.508 e. The Bertz CT molecular complexity index is 410. The molecule has 1 N–H and O–H groups in total. The van der Waals surface area contributed by atoms with Crippen molar-refractivity contribution in [3.05, 3.63) is 24.3 Å². The van der Waals surface area contributed by atoms with E-state index in [1.165, 1.54) is 18.2 Å². The number of unbranched alkanes of at least 4 members (excludes halogenated alkanes) is 2. The minimum absolute atomic E-state index is 0.00781. The normalized spacial score (nSPS) is 11.5. The predicted molar refractivity (Wildman–Crippen MR) is 59.7 cm³/mol. The number of sulfone groups is 1. The summed E-state index contributed by atoms with van der Waals surface area (Å²) in [5.41, 5.74) is 0. The lowest BCUT2D eigenvalue weighted by molar-refractivity contribution is 0.473. The molecule has 84 valence electrons. The van der Waals surface area contributed by atoms with Gasteiger partial charge in [-0.05, 0) is 24.6 Å². The lowest BCUT2D eigenvalue weighted by atomic mass is 10.3. The van der Waals surface area contributed by atoms with Gasteiger partial charge in [-0.2, -0.15) is 0 Å². The summed E-state index contributed by atoms with van der Waals surface area (Å²) < 4.78 is 23.5. The van der Waals surface area contributed by atoms with Gasteiger partial charge in [0.15, 0.2) is 9.84 Å². The molecule has 0 fully saturated rings. The van der Waals surface area contributed by atoms with Crippen molar-refractivity contribution in [1.29, 1.82) is 0 Å². The maximum atomic E-state index is 11.7. The van der Waals surface area contributed by atoms with E-state index >= 15 is 0 Å². The molecular formula is C11H16O3S. The lowest BCUT2D eigenvalue weighted by Crippen LogP contribution is -2.06. The number of benzene rings is 1. The molecule has 0 unspecified atom stereocenters. The monoisotopic (exact) mass is 228 g/mol. The Morgan fingerprint density at radius 1 is 1.27 bits per heavy atom. The smallest absolute Gasteiger partial charge is 0.178 e. The second-order valence-electron chi connectivity index (χ2n) is 3.52. The van der Waals surface area contributed by atoms with Crippen LogP contribution in [-0.2, 0) is 9.84 Å². The number of phenols is 1. The fourth-order valence-corrected chi connectivity index (χ4v) is 2.74. The van der Waals surface area contributed by atoms with E-state index in [9.17, 15) is 13.5 Å². The number of aromatic hydroxyl groups is 1. The molecule has 0 aromatic heterocycles. The molecule has 1 aromatic rings. The number of hydrogen-bond acceptors (Lipinski definition) is 3. The maximum Gasteiger partial charge on any atom is 0.178 e. The predicted octanol–water partition coefficient (Wildman–Crippen LogP) is 2.36. The molecule has 0 radical (unpaired) electrons. The van der Waals surface area contributed by atoms with E-state index in [0.29, 0.717) is 6.42 Å². The Balaban J connectivity index is 2.77. The zero-order chi connectivity index (χ0) is 11.3. The maximum absolute atomic E-state index is 11.7. The fraction of sp³-hybridized carbons (Fsp3) is 0.455. The highest BCUT2D eigenvalue weighted by atomic mass is 32.2. The second-order valence-corrected chi connectivity index (χ2v) is 5.63. The van der Waals surface area contributed by atoms with Crippen molar-refractivity contribution in [2.75, 3.05) is 5.75 Å². The minimum Gasteiger partial charge on any atom is -0.508 e. The van der Waals surface area contributed by atoms with E-state index in [1.54, 1.807) is 6.07 Å². The van der Waals surface area contributed by atoms with Gasteiger partial charge in [-0.25, -0.2) is 8.42 Å². The zero-order valence-corrected chi connectivity index (χ0v) is 9.63. The van der Waals surface area contributed by atoms with Gasteiger partial charge >= 0.3 is 0 Å². The van der Waals surface area contributed by atoms with Crippen molar-refractivity contribution >= 4 is 9.84 Å². The third-order valence-electron chi connectivity index (χ3n) is 2.19. The summed E-state index contributed by atoms with van der Waals surface area (Å²) in [4.78, 5) is 0.207. The van der Waals surface area contributed by atoms with Crippen LogP contribution in [0.25, 0.3) is 0 Å². The summed E-state index contributed by atoms with van der Waals surface area (Å²) in [7, 11) is -3.22. The van der Waals surface area contributed by atoms with E-state index in [4.69, 9.17) is 0 Å². The topological polar surface area (TPSA) is 54.4 Å². The van der Waals surface area contributed by atoms with E-state index in [-0.39, 0.29) is 16.4 Å². The highest BCUT2D eigenvalue weighted by Gasteiger charge is 2.13. The summed E-state index contributed by atoms with van der Waals surface area (Å²) in [6.45, 7) is 2.03. The van der Waals surface area contributed by atoms with Crippen LogP contribution in [0.3, 0.4) is 0 Å². The third-order valence-corrected chi connectivity index (χ3v) is 3.99. The average molecular weight is 228 g/mol. The molecule has 0 aliphatic carbocycles. The van der Waals surface area contributed by atoms with E-state index in [1.807, 2.05) is 6.92 Å². The van der Waals surface area contributed by atoms with Crippen LogP contribution in [0.1, 0.15) is 26.2 Å². The molecule has 4 heteroatoms. The standard InChI is InChI=1S/C11H16O3S/c1-2-3-4-8-15(13,14)11-7-5-6-10(12)9-11/h5-7,9,12H,2-4,8H2,1H3. The van der Waals surface area contributed by atoms with Crippen molar-refractivity contribution in [3.8, 4) is 5.75 Å². The molecule has 0 saturated carbocycles. The molecule has 1 aromatic carbocycles. The number of phenolic OH excluding ortho intramolecular Hbond substituents is 1. The molecule has 0 spiro atoms. The summed E-state index contributed by atoms with van der Waals surface area (Å²) >= 11 is 0. The first-order valence-electron chi connectivity index (χ1n) is 5.08. The molecular weight excluding hydrogens is 212 g/mol. The first kappa shape index (κ1) is 12.0. The van der Waals surface area contributed by atoms with Crippen LogP contribution in [0.2, 0.25) is 0 Å². The van der Waals surface area contributed by atoms with Crippen LogP contribution < -0.4 is 0 Å². The molecule has 0 aliphatic heterocycles. The Kier molecular flexibility index (Phi) is 4.15. The van der Waals surface area contributed by atoms with Gasteiger partial charge in [0.1, 0.15) is 5.75 Å². The summed E-state index contributed by atoms with van der Waals surface area (Å²) in [6, 6.07) is 5.81. The number of rotatable bonds is 5. The van der Waals surface area contributed by atoms with Crippen LogP contribution in [-0.4, -0.2) is 19.3 Å². The van der Waals surface area contributed by atoms with E-state index in [0.717, 1.165) is 12.8 Å². The summed E-state index contributed by atoms with van der Waals surface area (Å²) in [5.74, 6) is 0.149. The molecule has 0 bridgehead atoms. The van der Waals surface area contributed by atoms with Crippen LogP contribution >= 0.6 is 0 Å². The van der Waals surface area contributed by atoms with Gasteiger partial charge in [0.25, 0.3) is 0 Å². The van der Waals surface area contributed by atoms with Gasteiger partial charge in [-0.1, -0.05) is 25.8 Å². The fourth-order valence-electron chi connectivity index (χ4n) is 1.34. The van der Waals surface area contributed by atoms with Crippen molar-refractivity contribution in [1.82, 2.24) is 0 Å². The second kappa shape index (κ2) is 5.16. The van der Waals surface area contributed by atoms with E-state index < -0.39 is 9.84 Å². The Hall–Kier alpha value is -1.03. The third kappa shape index (κ3) is 3.55. The van der Waals surface area contributed by atoms with Crippen molar-refractivity contribution in [2.24, 2.45) is 0 Å². The quantitative estimate of drug-likeness (QED) is 0.787. The molecule has 3 nitrogen and oxygen atoms in total. The molecule has 0 atom stereocenters. The van der Waals surface area contributed by atoms with Crippen LogP contribution in [0.5, 0.6) is 5.75 Å². The Morgan fingerprint density at radius 2 is 2.00 bits per heavy atom. The molecule has 0 saturated heterocycles. The minimum atomic E-state index is -3.22. The van der Waals surface area contributed by atoms with Gasteiger partial charge in [0.05, 0.1) is 10.6 Å². The summed E-state index contributed by atoms with van der Waals surface area (Å²) in [6.07, 6.45) is 2.59. The van der Waals surface area contributed by atoms with Gasteiger partial charge in [-0.3, -0.25) is 0 Å². The van der Waals surface area contributed by atoms with Crippen LogP contribution in [0.4, 0.5) is 0 Å². The number of hydrogen-bond donors (Lipinski definition) is 1. The van der Waals surface area contributed by atoms with Gasteiger partial charge in [0, 0.05) is 0 Å². The zero-order valence-electron chi connectivity index (χ0n) is 8.81. The molecule has 0 aliphatic rings. The average Bonchev–Trinajstić information content (AvgIpc) is 2.18. The lowest BCUT2D eigenvalue weighted by Gasteiger charge is -2.04.